The number of esters is 1. The van der Waals surface area contributed by atoms with Gasteiger partial charge in [0.25, 0.3) is 0 Å². The Morgan fingerprint density at radius 1 is 1.27 bits per heavy atom. The van der Waals surface area contributed by atoms with Gasteiger partial charge in [-0.25, -0.2) is 0 Å². The van der Waals surface area contributed by atoms with E-state index in [-0.39, 0.29) is 25.1 Å². The van der Waals surface area contributed by atoms with Gasteiger partial charge >= 0.3 is 5.97 Å². The van der Waals surface area contributed by atoms with Crippen LogP contribution in [0.25, 0.3) is 0 Å². The van der Waals surface area contributed by atoms with Crippen molar-refractivity contribution in [2.45, 2.75) is 93.0 Å². The Labute approximate surface area is 190 Å². The number of aromatic nitrogens is 1. The summed E-state index contributed by atoms with van der Waals surface area (Å²) in [6.45, 7) is 17.0. The van der Waals surface area contributed by atoms with Crippen molar-refractivity contribution < 1.29 is 19.7 Å². The maximum absolute atomic E-state index is 12.3. The van der Waals surface area contributed by atoms with E-state index >= 15 is 0 Å². The molecule has 172 valence electrons. The molecule has 2 rings (SSSR count). The third kappa shape index (κ3) is 8.90. The minimum Gasteiger partial charge on any atom is -0.463 e. The van der Waals surface area contributed by atoms with Gasteiger partial charge < -0.3 is 19.8 Å². The van der Waals surface area contributed by atoms with Crippen LogP contribution >= 0.6 is 15.9 Å². The van der Waals surface area contributed by atoms with Gasteiger partial charge in [-0.1, -0.05) is 13.8 Å². The zero-order chi connectivity index (χ0) is 23.3. The molecule has 0 amide bonds. The van der Waals surface area contributed by atoms with Crippen molar-refractivity contribution in [2.75, 3.05) is 18.0 Å². The van der Waals surface area contributed by atoms with Crippen molar-refractivity contribution in [3.63, 3.8) is 0 Å². The number of aliphatic hydroxyl groups is 2. The second-order valence-electron chi connectivity index (χ2n) is 9.98. The average Bonchev–Trinajstić information content (AvgIpc) is 2.57. The van der Waals surface area contributed by atoms with Gasteiger partial charge in [0.15, 0.2) is 0 Å². The first-order valence-electron chi connectivity index (χ1n) is 10.6. The number of piperidine rings is 1. The molecule has 0 unspecified atom stereocenters. The number of aryl methyl sites for hydroxylation is 1. The lowest BCUT2D eigenvalue weighted by Gasteiger charge is -2.39. The molecule has 2 heterocycles. The molecule has 0 bridgehead atoms. The van der Waals surface area contributed by atoms with E-state index in [4.69, 9.17) is 9.84 Å². The van der Waals surface area contributed by atoms with E-state index in [9.17, 15) is 9.90 Å². The molecule has 30 heavy (non-hydrogen) atoms. The number of carbonyl (C=O) groups is 1. The first kappa shape index (κ1) is 26.9. The fourth-order valence-corrected chi connectivity index (χ4v) is 3.77. The monoisotopic (exact) mass is 486 g/mol. The first-order valence-corrected chi connectivity index (χ1v) is 11.4. The summed E-state index contributed by atoms with van der Waals surface area (Å²) in [5, 5.41) is 18.3. The molecule has 1 aliphatic heterocycles. The lowest BCUT2D eigenvalue weighted by Crippen LogP contribution is -2.38. The Bertz CT molecular complexity index is 711. The van der Waals surface area contributed by atoms with Gasteiger partial charge in [0.1, 0.15) is 0 Å². The molecule has 0 aromatic carbocycles. The zero-order valence-corrected chi connectivity index (χ0v) is 21.4. The molecule has 0 aliphatic carbocycles. The smallest absolute Gasteiger partial charge is 0.310 e. The van der Waals surface area contributed by atoms with Crippen molar-refractivity contribution in [2.24, 2.45) is 5.41 Å². The van der Waals surface area contributed by atoms with Crippen LogP contribution in [0.3, 0.4) is 0 Å². The summed E-state index contributed by atoms with van der Waals surface area (Å²) in [6.07, 6.45) is 2.14. The van der Waals surface area contributed by atoms with E-state index in [2.05, 4.69) is 39.7 Å². The second kappa shape index (κ2) is 10.9. The third-order valence-corrected chi connectivity index (χ3v) is 5.68. The molecule has 0 spiro atoms. The largest absolute Gasteiger partial charge is 0.463 e. The lowest BCUT2D eigenvalue weighted by atomic mass is 9.82. The summed E-state index contributed by atoms with van der Waals surface area (Å²) in [5.74, 6) is -0.291. The SMILES string of the molecule is CC(C)(C)O.Cc1nc(CO)c(CC(=O)OC(C)C)c(N2CCC(C)(C)CC2)c1Br. The molecule has 7 heteroatoms. The highest BCUT2D eigenvalue weighted by molar-refractivity contribution is 9.10. The number of halogens is 1. The predicted octanol–water partition coefficient (Wildman–Crippen LogP) is 4.54. The maximum atomic E-state index is 12.3. The highest BCUT2D eigenvalue weighted by Crippen LogP contribution is 2.39. The number of nitrogens with zero attached hydrogens (tertiary/aromatic N) is 2. The van der Waals surface area contributed by atoms with Crippen molar-refractivity contribution in [3.8, 4) is 0 Å². The van der Waals surface area contributed by atoms with E-state index < -0.39 is 5.60 Å². The molecule has 2 N–H and O–H groups in total. The topological polar surface area (TPSA) is 82.9 Å². The number of hydrogen-bond donors (Lipinski definition) is 2. The molecule has 0 radical (unpaired) electrons. The second-order valence-corrected chi connectivity index (χ2v) is 10.8. The lowest BCUT2D eigenvalue weighted by molar-refractivity contribution is -0.146. The van der Waals surface area contributed by atoms with E-state index in [0.29, 0.717) is 11.1 Å². The molecule has 0 saturated carbocycles. The summed E-state index contributed by atoms with van der Waals surface area (Å²) in [5.41, 5.74) is 2.96. The molecular weight excluding hydrogens is 448 g/mol. The zero-order valence-electron chi connectivity index (χ0n) is 19.8. The summed E-state index contributed by atoms with van der Waals surface area (Å²) >= 11 is 3.66. The molecule has 1 aliphatic rings. The molecule has 1 fully saturated rings. The van der Waals surface area contributed by atoms with E-state index in [0.717, 1.165) is 47.3 Å². The number of ether oxygens (including phenoxy) is 1. The first-order chi connectivity index (χ1) is 13.6. The van der Waals surface area contributed by atoms with Crippen LogP contribution < -0.4 is 4.90 Å². The van der Waals surface area contributed by atoms with Gasteiger partial charge in [0.05, 0.1) is 46.3 Å². The Morgan fingerprint density at radius 2 is 1.77 bits per heavy atom. The van der Waals surface area contributed by atoms with Gasteiger partial charge in [-0.15, -0.1) is 0 Å². The summed E-state index contributed by atoms with van der Waals surface area (Å²) in [6, 6.07) is 0. The molecule has 1 aromatic heterocycles. The summed E-state index contributed by atoms with van der Waals surface area (Å²) < 4.78 is 6.22. The Morgan fingerprint density at radius 3 is 2.20 bits per heavy atom. The van der Waals surface area contributed by atoms with Gasteiger partial charge in [-0.05, 0) is 75.7 Å². The summed E-state index contributed by atoms with van der Waals surface area (Å²) in [4.78, 5) is 19.0. The molecule has 6 nitrogen and oxygen atoms in total. The number of rotatable bonds is 5. The van der Waals surface area contributed by atoms with Gasteiger partial charge in [0, 0.05) is 18.7 Å². The van der Waals surface area contributed by atoms with Crippen LogP contribution in [0.2, 0.25) is 0 Å². The van der Waals surface area contributed by atoms with Crippen LogP contribution in [-0.2, 0) is 22.6 Å². The highest BCUT2D eigenvalue weighted by Gasteiger charge is 2.30. The van der Waals surface area contributed by atoms with Crippen LogP contribution in [0.5, 0.6) is 0 Å². The van der Waals surface area contributed by atoms with Crippen LogP contribution in [0, 0.1) is 12.3 Å². The van der Waals surface area contributed by atoms with E-state index in [1.807, 2.05) is 20.8 Å². The highest BCUT2D eigenvalue weighted by atomic mass is 79.9. The fourth-order valence-electron chi connectivity index (χ4n) is 3.19. The van der Waals surface area contributed by atoms with Gasteiger partial charge in [-0.2, -0.15) is 0 Å². The molecule has 1 aromatic rings. The quantitative estimate of drug-likeness (QED) is 0.594. The Balaban J connectivity index is 0.000000804. The molecule has 1 saturated heterocycles. The number of hydrogen-bond acceptors (Lipinski definition) is 6. The standard InChI is InChI=1S/C19H29BrN2O3.C4H10O/c1-12(2)25-16(24)10-14-15(11-23)21-13(3)17(20)18(14)22-8-6-19(4,5)7-9-22;1-4(2,3)5/h12,23H,6-11H2,1-5H3;5H,1-3H3. The number of aliphatic hydroxyl groups excluding tert-OH is 1. The third-order valence-electron chi connectivity index (χ3n) is 4.73. The molecular formula is C23H39BrN2O4. The predicted molar refractivity (Wildman–Crippen MR) is 125 cm³/mol. The Hall–Kier alpha value is -1.18. The van der Waals surface area contributed by atoms with Crippen molar-refractivity contribution in [1.29, 1.82) is 0 Å². The van der Waals surface area contributed by atoms with Crippen molar-refractivity contribution in [3.05, 3.63) is 21.4 Å². The van der Waals surface area contributed by atoms with Crippen LogP contribution in [0.4, 0.5) is 5.69 Å². The Kier molecular flexibility index (Phi) is 9.77. The van der Waals surface area contributed by atoms with Crippen LogP contribution in [0.1, 0.15) is 78.3 Å². The average molecular weight is 487 g/mol. The minimum absolute atomic E-state index is 0.120. The fraction of sp³-hybridized carbons (Fsp3) is 0.739. The van der Waals surface area contributed by atoms with Gasteiger partial charge in [-0.3, -0.25) is 9.78 Å². The van der Waals surface area contributed by atoms with Crippen LogP contribution in [0.15, 0.2) is 4.47 Å². The van der Waals surface area contributed by atoms with E-state index in [1.54, 1.807) is 20.8 Å². The number of carbonyl (C=O) groups excluding carboxylic acids is 1. The molecule has 0 atom stereocenters. The number of anilines is 1. The summed E-state index contributed by atoms with van der Waals surface area (Å²) in [7, 11) is 0. The normalized spacial score (nSPS) is 16.2. The van der Waals surface area contributed by atoms with E-state index in [1.165, 1.54) is 0 Å². The van der Waals surface area contributed by atoms with Crippen LogP contribution in [-0.4, -0.2) is 46.0 Å². The minimum atomic E-state index is -0.500. The number of pyridine rings is 1. The van der Waals surface area contributed by atoms with Gasteiger partial charge in [0.2, 0.25) is 0 Å². The van der Waals surface area contributed by atoms with Crippen molar-refractivity contribution in [1.82, 2.24) is 4.98 Å². The van der Waals surface area contributed by atoms with Crippen molar-refractivity contribution >= 4 is 27.6 Å². The maximum Gasteiger partial charge on any atom is 0.310 e.